The average Bonchev–Trinajstić information content (AvgIpc) is 2.27. The Morgan fingerprint density at radius 2 is 2.05 bits per heavy atom. The van der Waals surface area contributed by atoms with E-state index in [4.69, 9.17) is 11.6 Å². The number of sulfonamides is 1. The number of benzene rings is 1. The number of anilines is 1. The Kier molecular flexibility index (Phi) is 5.62. The van der Waals surface area contributed by atoms with Gasteiger partial charge in [-0.3, -0.25) is 9.52 Å². The van der Waals surface area contributed by atoms with Crippen molar-refractivity contribution in [2.24, 2.45) is 0 Å². The standard InChI is InChI=1S/C12H17ClN2O3S/c1-9(2)14-12(16)10-4-3-5-11(8-10)15-19(17,18)7-6-13/h3-5,8-9,15H,6-7H2,1-2H3,(H,14,16). The van der Waals surface area contributed by atoms with E-state index in [0.29, 0.717) is 11.3 Å². The van der Waals surface area contributed by atoms with Crippen molar-refractivity contribution in [1.82, 2.24) is 5.32 Å². The lowest BCUT2D eigenvalue weighted by molar-refractivity contribution is 0.0943. The predicted octanol–water partition coefficient (Wildman–Crippen LogP) is 1.81. The molecule has 0 bridgehead atoms. The van der Waals surface area contributed by atoms with Gasteiger partial charge in [0.25, 0.3) is 5.91 Å². The second kappa shape index (κ2) is 6.77. The number of halogens is 1. The topological polar surface area (TPSA) is 75.3 Å². The molecular weight excluding hydrogens is 288 g/mol. The first-order valence-corrected chi connectivity index (χ1v) is 8.00. The molecule has 1 aromatic rings. The Morgan fingerprint density at radius 3 is 2.63 bits per heavy atom. The van der Waals surface area contributed by atoms with Crippen molar-refractivity contribution in [3.8, 4) is 0 Å². The molecule has 0 unspecified atom stereocenters. The molecule has 19 heavy (non-hydrogen) atoms. The third-order valence-electron chi connectivity index (χ3n) is 2.16. The summed E-state index contributed by atoms with van der Waals surface area (Å²) in [4.78, 5) is 11.8. The molecule has 0 radical (unpaired) electrons. The lowest BCUT2D eigenvalue weighted by Crippen LogP contribution is -2.30. The van der Waals surface area contributed by atoms with Gasteiger partial charge in [-0.2, -0.15) is 0 Å². The van der Waals surface area contributed by atoms with Gasteiger partial charge in [0, 0.05) is 23.2 Å². The SMILES string of the molecule is CC(C)NC(=O)c1cccc(NS(=O)(=O)CCCl)c1. The molecule has 0 aliphatic carbocycles. The van der Waals surface area contributed by atoms with Gasteiger partial charge in [0.15, 0.2) is 0 Å². The molecule has 106 valence electrons. The number of carbonyl (C=O) groups excluding carboxylic acids is 1. The van der Waals surface area contributed by atoms with Crippen LogP contribution in [0.4, 0.5) is 5.69 Å². The number of alkyl halides is 1. The first-order chi connectivity index (χ1) is 8.84. The third-order valence-corrected chi connectivity index (χ3v) is 3.87. The molecule has 0 aliphatic rings. The van der Waals surface area contributed by atoms with E-state index in [2.05, 4.69) is 10.0 Å². The molecule has 0 spiro atoms. The van der Waals surface area contributed by atoms with Crippen LogP contribution in [0.5, 0.6) is 0 Å². The monoisotopic (exact) mass is 304 g/mol. The smallest absolute Gasteiger partial charge is 0.251 e. The van der Waals surface area contributed by atoms with Gasteiger partial charge in [0.1, 0.15) is 0 Å². The van der Waals surface area contributed by atoms with E-state index < -0.39 is 10.0 Å². The molecule has 0 fully saturated rings. The Balaban J connectivity index is 2.86. The van der Waals surface area contributed by atoms with Crippen molar-refractivity contribution in [2.75, 3.05) is 16.4 Å². The third kappa shape index (κ3) is 5.48. The molecule has 2 N–H and O–H groups in total. The van der Waals surface area contributed by atoms with Crippen LogP contribution in [0, 0.1) is 0 Å². The summed E-state index contributed by atoms with van der Waals surface area (Å²) in [6.45, 7) is 3.70. The van der Waals surface area contributed by atoms with Crippen LogP contribution >= 0.6 is 11.6 Å². The molecule has 5 nitrogen and oxygen atoms in total. The molecule has 0 saturated heterocycles. The molecule has 0 heterocycles. The number of hydrogen-bond acceptors (Lipinski definition) is 3. The van der Waals surface area contributed by atoms with Crippen molar-refractivity contribution in [3.05, 3.63) is 29.8 Å². The molecular formula is C12H17ClN2O3S. The molecule has 0 aliphatic heterocycles. The Bertz CT molecular complexity index is 544. The van der Waals surface area contributed by atoms with Crippen LogP contribution in [0.3, 0.4) is 0 Å². The summed E-state index contributed by atoms with van der Waals surface area (Å²) in [7, 11) is -3.46. The molecule has 0 aromatic heterocycles. The van der Waals surface area contributed by atoms with E-state index >= 15 is 0 Å². The number of nitrogens with one attached hydrogen (secondary N) is 2. The van der Waals surface area contributed by atoms with Crippen molar-refractivity contribution in [2.45, 2.75) is 19.9 Å². The van der Waals surface area contributed by atoms with Crippen molar-refractivity contribution in [1.29, 1.82) is 0 Å². The number of carbonyl (C=O) groups is 1. The fourth-order valence-corrected chi connectivity index (χ4v) is 2.80. The van der Waals surface area contributed by atoms with E-state index in [1.54, 1.807) is 18.2 Å². The van der Waals surface area contributed by atoms with Gasteiger partial charge in [0.05, 0.1) is 5.75 Å². The summed E-state index contributed by atoms with van der Waals surface area (Å²) in [5.74, 6) is -0.395. The quantitative estimate of drug-likeness (QED) is 0.787. The van der Waals surface area contributed by atoms with E-state index in [1.165, 1.54) is 6.07 Å². The van der Waals surface area contributed by atoms with Crippen LogP contribution in [0.15, 0.2) is 24.3 Å². The minimum atomic E-state index is -3.46. The molecule has 7 heteroatoms. The van der Waals surface area contributed by atoms with Crippen LogP contribution in [0.25, 0.3) is 0 Å². The molecule has 1 rings (SSSR count). The predicted molar refractivity (Wildman–Crippen MR) is 77.2 cm³/mol. The van der Waals surface area contributed by atoms with E-state index in [1.807, 2.05) is 13.8 Å². The summed E-state index contributed by atoms with van der Waals surface area (Å²) in [6.07, 6.45) is 0. The lowest BCUT2D eigenvalue weighted by atomic mass is 10.2. The summed E-state index contributed by atoms with van der Waals surface area (Å²) >= 11 is 5.41. The normalized spacial score (nSPS) is 11.4. The second-order valence-electron chi connectivity index (χ2n) is 4.32. The van der Waals surface area contributed by atoms with Gasteiger partial charge in [-0.15, -0.1) is 11.6 Å². The van der Waals surface area contributed by atoms with Crippen LogP contribution in [-0.2, 0) is 10.0 Å². The van der Waals surface area contributed by atoms with Crippen molar-refractivity contribution in [3.63, 3.8) is 0 Å². The van der Waals surface area contributed by atoms with Crippen molar-refractivity contribution < 1.29 is 13.2 Å². The fourth-order valence-electron chi connectivity index (χ4n) is 1.40. The maximum atomic E-state index is 11.8. The van der Waals surface area contributed by atoms with Gasteiger partial charge in [-0.1, -0.05) is 6.07 Å². The molecule has 0 saturated carbocycles. The number of amides is 1. The number of hydrogen-bond donors (Lipinski definition) is 2. The van der Waals surface area contributed by atoms with Gasteiger partial charge >= 0.3 is 0 Å². The van der Waals surface area contributed by atoms with Gasteiger partial charge in [-0.05, 0) is 32.0 Å². The highest BCUT2D eigenvalue weighted by Crippen LogP contribution is 2.13. The summed E-state index contributed by atoms with van der Waals surface area (Å²) in [5.41, 5.74) is 0.751. The van der Waals surface area contributed by atoms with Crippen LogP contribution in [-0.4, -0.2) is 32.0 Å². The van der Waals surface area contributed by atoms with Crippen LogP contribution < -0.4 is 10.0 Å². The highest BCUT2D eigenvalue weighted by Gasteiger charge is 2.11. The Morgan fingerprint density at radius 1 is 1.37 bits per heavy atom. The largest absolute Gasteiger partial charge is 0.350 e. The second-order valence-corrected chi connectivity index (χ2v) is 6.54. The molecule has 1 amide bonds. The van der Waals surface area contributed by atoms with E-state index in [-0.39, 0.29) is 23.6 Å². The first kappa shape index (κ1) is 15.8. The minimum Gasteiger partial charge on any atom is -0.350 e. The first-order valence-electron chi connectivity index (χ1n) is 5.81. The average molecular weight is 305 g/mol. The minimum absolute atomic E-state index is 0.0167. The van der Waals surface area contributed by atoms with Gasteiger partial charge in [0.2, 0.25) is 10.0 Å². The van der Waals surface area contributed by atoms with Gasteiger partial charge in [-0.25, -0.2) is 8.42 Å². The Labute approximate surface area is 118 Å². The lowest BCUT2D eigenvalue weighted by Gasteiger charge is -2.10. The fraction of sp³-hybridized carbons (Fsp3) is 0.417. The molecule has 0 atom stereocenters. The van der Waals surface area contributed by atoms with Crippen LogP contribution in [0.1, 0.15) is 24.2 Å². The highest BCUT2D eigenvalue weighted by molar-refractivity contribution is 7.92. The summed E-state index contributed by atoms with van der Waals surface area (Å²) < 4.78 is 25.5. The molecule has 1 aromatic carbocycles. The summed E-state index contributed by atoms with van der Waals surface area (Å²) in [5, 5.41) is 2.74. The number of rotatable bonds is 6. The highest BCUT2D eigenvalue weighted by atomic mass is 35.5. The zero-order chi connectivity index (χ0) is 14.5. The maximum absolute atomic E-state index is 11.8. The van der Waals surface area contributed by atoms with E-state index in [9.17, 15) is 13.2 Å². The van der Waals surface area contributed by atoms with E-state index in [0.717, 1.165) is 0 Å². The zero-order valence-corrected chi connectivity index (χ0v) is 12.4. The van der Waals surface area contributed by atoms with Gasteiger partial charge < -0.3 is 5.32 Å². The van der Waals surface area contributed by atoms with Crippen LogP contribution in [0.2, 0.25) is 0 Å². The summed E-state index contributed by atoms with van der Waals surface area (Å²) in [6, 6.07) is 6.33. The Hall–Kier alpha value is -1.27. The maximum Gasteiger partial charge on any atom is 0.251 e. The zero-order valence-electron chi connectivity index (χ0n) is 10.8. The van der Waals surface area contributed by atoms with Crippen molar-refractivity contribution >= 4 is 33.2 Å².